The molecule has 3 nitrogen and oxygen atoms in total. The average molecular weight is 279 g/mol. The van der Waals surface area contributed by atoms with Gasteiger partial charge in [0.2, 0.25) is 0 Å². The lowest BCUT2D eigenvalue weighted by atomic mass is 10.2. The summed E-state index contributed by atoms with van der Waals surface area (Å²) in [6.07, 6.45) is 0. The van der Waals surface area contributed by atoms with Crippen LogP contribution in [-0.2, 0) is 13.1 Å². The van der Waals surface area contributed by atoms with Crippen LogP contribution in [0.3, 0.4) is 0 Å². The second-order valence-electron chi connectivity index (χ2n) is 4.53. The number of benzene rings is 1. The van der Waals surface area contributed by atoms with E-state index in [1.54, 1.807) is 17.4 Å². The van der Waals surface area contributed by atoms with Gasteiger partial charge in [0.25, 0.3) is 0 Å². The van der Waals surface area contributed by atoms with Crippen LogP contribution in [0.5, 0.6) is 0 Å². The number of nitrogens with one attached hydrogen (secondary N) is 1. The maximum atomic E-state index is 14.0. The first kappa shape index (κ1) is 14.0. The van der Waals surface area contributed by atoms with Crippen molar-refractivity contribution in [2.75, 3.05) is 19.0 Å². The molecule has 5 heteroatoms. The number of nitrogens with zero attached hydrogens (tertiary/aromatic N) is 2. The molecule has 0 amide bonds. The third kappa shape index (κ3) is 3.52. The number of anilines is 1. The number of halogens is 1. The summed E-state index contributed by atoms with van der Waals surface area (Å²) in [6.45, 7) is 3.26. The highest BCUT2D eigenvalue weighted by Crippen LogP contribution is 2.21. The molecule has 0 saturated heterocycles. The maximum absolute atomic E-state index is 14.0. The van der Waals surface area contributed by atoms with Crippen molar-refractivity contribution in [1.82, 2.24) is 10.3 Å². The summed E-state index contributed by atoms with van der Waals surface area (Å²) in [4.78, 5) is 6.28. The van der Waals surface area contributed by atoms with Crippen LogP contribution in [-0.4, -0.2) is 19.1 Å². The fourth-order valence-corrected chi connectivity index (χ4v) is 2.59. The molecule has 0 aliphatic rings. The van der Waals surface area contributed by atoms with Crippen LogP contribution in [0.1, 0.15) is 16.3 Å². The molecule has 2 rings (SSSR count). The van der Waals surface area contributed by atoms with Crippen molar-refractivity contribution in [2.24, 2.45) is 0 Å². The number of aromatic nitrogens is 1. The summed E-state index contributed by atoms with van der Waals surface area (Å²) in [5, 5.41) is 6.06. The zero-order valence-electron chi connectivity index (χ0n) is 11.4. The van der Waals surface area contributed by atoms with Gasteiger partial charge in [-0.25, -0.2) is 9.37 Å². The fourth-order valence-electron chi connectivity index (χ4n) is 1.98. The number of aryl methyl sites for hydroxylation is 1. The Bertz CT molecular complexity index is 553. The third-order valence-electron chi connectivity index (χ3n) is 2.87. The molecule has 0 saturated carbocycles. The molecule has 0 aliphatic carbocycles. The average Bonchev–Trinajstić information content (AvgIpc) is 2.75. The van der Waals surface area contributed by atoms with Gasteiger partial charge in [-0.1, -0.05) is 6.07 Å². The predicted molar refractivity (Wildman–Crippen MR) is 78.1 cm³/mol. The van der Waals surface area contributed by atoms with Crippen molar-refractivity contribution in [3.05, 3.63) is 45.7 Å². The van der Waals surface area contributed by atoms with E-state index in [9.17, 15) is 4.39 Å². The van der Waals surface area contributed by atoms with Gasteiger partial charge in [-0.05, 0) is 31.7 Å². The Labute approximate surface area is 117 Å². The molecule has 0 aliphatic heterocycles. The lowest BCUT2D eigenvalue weighted by molar-refractivity contribution is 0.618. The molecule has 0 spiro atoms. The second-order valence-corrected chi connectivity index (χ2v) is 5.59. The van der Waals surface area contributed by atoms with E-state index < -0.39 is 0 Å². The monoisotopic (exact) mass is 279 g/mol. The van der Waals surface area contributed by atoms with Gasteiger partial charge in [0.15, 0.2) is 0 Å². The Balaban J connectivity index is 2.12. The minimum Gasteiger partial charge on any atom is -0.366 e. The molecule has 1 heterocycles. The smallest absolute Gasteiger partial charge is 0.146 e. The molecule has 1 aromatic carbocycles. The van der Waals surface area contributed by atoms with E-state index in [1.165, 1.54) is 0 Å². The van der Waals surface area contributed by atoms with Crippen LogP contribution >= 0.6 is 11.3 Å². The van der Waals surface area contributed by atoms with Gasteiger partial charge in [-0.15, -0.1) is 11.3 Å². The molecule has 102 valence electrons. The van der Waals surface area contributed by atoms with Gasteiger partial charge in [0.05, 0.1) is 22.9 Å². The van der Waals surface area contributed by atoms with E-state index in [1.807, 2.05) is 43.4 Å². The number of thiazole rings is 1. The largest absolute Gasteiger partial charge is 0.366 e. The molecule has 0 unspecified atom stereocenters. The molecule has 19 heavy (non-hydrogen) atoms. The van der Waals surface area contributed by atoms with E-state index >= 15 is 0 Å². The summed E-state index contributed by atoms with van der Waals surface area (Å²) < 4.78 is 14.0. The van der Waals surface area contributed by atoms with Crippen molar-refractivity contribution < 1.29 is 4.39 Å². The van der Waals surface area contributed by atoms with Crippen molar-refractivity contribution in [3.8, 4) is 0 Å². The van der Waals surface area contributed by atoms with E-state index in [0.717, 1.165) is 16.3 Å². The van der Waals surface area contributed by atoms with Crippen molar-refractivity contribution in [1.29, 1.82) is 0 Å². The normalized spacial score (nSPS) is 10.7. The molecule has 0 atom stereocenters. The number of rotatable bonds is 5. The van der Waals surface area contributed by atoms with Gasteiger partial charge in [-0.2, -0.15) is 0 Å². The summed E-state index contributed by atoms with van der Waals surface area (Å²) >= 11 is 1.62. The predicted octanol–water partition coefficient (Wildman–Crippen LogP) is 2.95. The highest BCUT2D eigenvalue weighted by Gasteiger charge is 2.10. The lowest BCUT2D eigenvalue weighted by Crippen LogP contribution is -2.18. The first-order valence-electron chi connectivity index (χ1n) is 6.15. The molecular formula is C14H18FN3S. The Kier molecular flexibility index (Phi) is 4.50. The molecule has 0 bridgehead atoms. The van der Waals surface area contributed by atoms with Crippen LogP contribution in [0, 0.1) is 12.7 Å². The van der Waals surface area contributed by atoms with E-state index in [-0.39, 0.29) is 5.82 Å². The number of hydrogen-bond donors (Lipinski definition) is 1. The molecule has 0 radical (unpaired) electrons. The van der Waals surface area contributed by atoms with E-state index in [4.69, 9.17) is 0 Å². The molecule has 0 fully saturated rings. The van der Waals surface area contributed by atoms with E-state index in [2.05, 4.69) is 10.3 Å². The lowest BCUT2D eigenvalue weighted by Gasteiger charge is -2.19. The highest BCUT2D eigenvalue weighted by atomic mass is 32.1. The Morgan fingerprint density at radius 1 is 1.42 bits per heavy atom. The topological polar surface area (TPSA) is 28.2 Å². The second kappa shape index (κ2) is 6.12. The standard InChI is InChI=1S/C14H18FN3S/c1-10-17-12(9-19-10)8-18(3)14-5-4-11(7-16-2)6-13(14)15/h4-6,9,16H,7-8H2,1-3H3. The first-order valence-corrected chi connectivity index (χ1v) is 7.03. The first-order chi connectivity index (χ1) is 9.10. The Morgan fingerprint density at radius 3 is 2.79 bits per heavy atom. The van der Waals surface area contributed by atoms with Crippen LogP contribution in [0.4, 0.5) is 10.1 Å². The fraction of sp³-hybridized carbons (Fsp3) is 0.357. The summed E-state index contributed by atoms with van der Waals surface area (Å²) in [7, 11) is 3.73. The minimum atomic E-state index is -0.192. The third-order valence-corrected chi connectivity index (χ3v) is 3.69. The van der Waals surface area contributed by atoms with Crippen LogP contribution in [0.2, 0.25) is 0 Å². The molecule has 1 N–H and O–H groups in total. The van der Waals surface area contributed by atoms with Gasteiger partial charge in [0, 0.05) is 19.0 Å². The Hall–Kier alpha value is -1.46. The Morgan fingerprint density at radius 2 is 2.21 bits per heavy atom. The summed E-state index contributed by atoms with van der Waals surface area (Å²) in [6, 6.07) is 5.34. The van der Waals surface area contributed by atoms with Crippen molar-refractivity contribution in [2.45, 2.75) is 20.0 Å². The van der Waals surface area contributed by atoms with Crippen LogP contribution in [0.15, 0.2) is 23.6 Å². The molecule has 1 aromatic heterocycles. The van der Waals surface area contributed by atoms with Gasteiger partial charge < -0.3 is 10.2 Å². The van der Waals surface area contributed by atoms with Crippen LogP contribution < -0.4 is 10.2 Å². The zero-order valence-corrected chi connectivity index (χ0v) is 12.2. The van der Waals surface area contributed by atoms with Crippen molar-refractivity contribution >= 4 is 17.0 Å². The minimum absolute atomic E-state index is 0.192. The van der Waals surface area contributed by atoms with E-state index in [0.29, 0.717) is 18.8 Å². The van der Waals surface area contributed by atoms with Crippen molar-refractivity contribution in [3.63, 3.8) is 0 Å². The molecule has 2 aromatic rings. The van der Waals surface area contributed by atoms with Crippen LogP contribution in [0.25, 0.3) is 0 Å². The zero-order chi connectivity index (χ0) is 13.8. The number of hydrogen-bond acceptors (Lipinski definition) is 4. The molecular weight excluding hydrogens is 261 g/mol. The van der Waals surface area contributed by atoms with Gasteiger partial charge in [-0.3, -0.25) is 0 Å². The van der Waals surface area contributed by atoms with Gasteiger partial charge >= 0.3 is 0 Å². The maximum Gasteiger partial charge on any atom is 0.146 e. The SMILES string of the molecule is CNCc1ccc(N(C)Cc2csc(C)n2)c(F)c1. The quantitative estimate of drug-likeness (QED) is 0.912. The highest BCUT2D eigenvalue weighted by molar-refractivity contribution is 7.09. The summed E-state index contributed by atoms with van der Waals surface area (Å²) in [5.74, 6) is -0.192. The van der Waals surface area contributed by atoms with Gasteiger partial charge in [0.1, 0.15) is 5.82 Å². The summed E-state index contributed by atoms with van der Waals surface area (Å²) in [5.41, 5.74) is 2.52.